The Morgan fingerprint density at radius 3 is 2.83 bits per heavy atom. The first-order chi connectivity index (χ1) is 8.59. The molecule has 0 aliphatic carbocycles. The molecule has 1 heterocycles. The minimum absolute atomic E-state index is 0.254. The topological polar surface area (TPSA) is 42.0 Å². The minimum atomic E-state index is -0.254. The molecule has 0 radical (unpaired) electrons. The molecule has 0 unspecified atom stereocenters. The van der Waals surface area contributed by atoms with Crippen molar-refractivity contribution in [1.29, 1.82) is 0 Å². The molecule has 2 rings (SSSR count). The Balaban J connectivity index is 2.27. The van der Waals surface area contributed by atoms with Crippen molar-refractivity contribution in [2.24, 2.45) is 0 Å². The summed E-state index contributed by atoms with van der Waals surface area (Å²) in [5.74, 6) is -0.254. The van der Waals surface area contributed by atoms with E-state index in [2.05, 4.69) is 26.2 Å². The second kappa shape index (κ2) is 5.50. The number of aromatic nitrogens is 1. The molecule has 1 aromatic carbocycles. The molecule has 0 fully saturated rings. The van der Waals surface area contributed by atoms with E-state index in [4.69, 9.17) is 11.6 Å². The zero-order valence-electron chi connectivity index (χ0n) is 9.58. The summed E-state index contributed by atoms with van der Waals surface area (Å²) in [5.41, 5.74) is 1.86. The lowest BCUT2D eigenvalue weighted by Gasteiger charge is -2.09. The minimum Gasteiger partial charge on any atom is -0.320 e. The molecule has 92 valence electrons. The Kier molecular flexibility index (Phi) is 3.99. The fourth-order valence-corrected chi connectivity index (χ4v) is 2.04. The van der Waals surface area contributed by atoms with Crippen LogP contribution >= 0.6 is 27.5 Å². The van der Waals surface area contributed by atoms with Crippen molar-refractivity contribution >= 4 is 39.1 Å². The Morgan fingerprint density at radius 1 is 1.33 bits per heavy atom. The van der Waals surface area contributed by atoms with Crippen LogP contribution in [0.2, 0.25) is 5.02 Å². The number of aryl methyl sites for hydroxylation is 1. The van der Waals surface area contributed by atoms with Crippen LogP contribution in [0.3, 0.4) is 0 Å². The van der Waals surface area contributed by atoms with Gasteiger partial charge < -0.3 is 5.32 Å². The number of rotatable bonds is 2. The maximum absolute atomic E-state index is 12.1. The van der Waals surface area contributed by atoms with Crippen molar-refractivity contribution < 1.29 is 4.79 Å². The monoisotopic (exact) mass is 324 g/mol. The lowest BCUT2D eigenvalue weighted by Crippen LogP contribution is -2.15. The number of carbonyl (C=O) groups is 1. The summed E-state index contributed by atoms with van der Waals surface area (Å²) in [6.45, 7) is 1.84. The summed E-state index contributed by atoms with van der Waals surface area (Å²) in [4.78, 5) is 16.1. The average molecular weight is 326 g/mol. The van der Waals surface area contributed by atoms with Crippen molar-refractivity contribution in [3.8, 4) is 0 Å². The first-order valence-electron chi connectivity index (χ1n) is 5.26. The van der Waals surface area contributed by atoms with Gasteiger partial charge in [-0.15, -0.1) is 0 Å². The van der Waals surface area contributed by atoms with E-state index in [1.165, 1.54) is 0 Å². The van der Waals surface area contributed by atoms with Gasteiger partial charge in [0.25, 0.3) is 5.91 Å². The number of pyridine rings is 1. The standard InChI is InChI=1S/C13H10BrClN2O/c1-8-4-3-7-16-12(8)13(18)17-10-6-2-5-9(15)11(10)14/h2-7H,1H3,(H,17,18). The molecule has 1 amide bonds. The van der Waals surface area contributed by atoms with Crippen LogP contribution in [0.25, 0.3) is 0 Å². The predicted molar refractivity (Wildman–Crippen MR) is 76.1 cm³/mol. The van der Waals surface area contributed by atoms with E-state index in [0.717, 1.165) is 5.56 Å². The van der Waals surface area contributed by atoms with Crippen LogP contribution in [0, 0.1) is 6.92 Å². The van der Waals surface area contributed by atoms with E-state index >= 15 is 0 Å². The summed E-state index contributed by atoms with van der Waals surface area (Å²) >= 11 is 9.29. The second-order valence-electron chi connectivity index (χ2n) is 3.72. The van der Waals surface area contributed by atoms with E-state index < -0.39 is 0 Å². The second-order valence-corrected chi connectivity index (χ2v) is 4.92. The summed E-state index contributed by atoms with van der Waals surface area (Å²) in [6, 6.07) is 8.92. The number of anilines is 1. The van der Waals surface area contributed by atoms with Gasteiger partial charge in [-0.25, -0.2) is 0 Å². The molecule has 3 nitrogen and oxygen atoms in total. The normalized spacial score (nSPS) is 10.2. The Labute approximate surface area is 118 Å². The predicted octanol–water partition coefficient (Wildman–Crippen LogP) is 4.06. The number of nitrogens with zero attached hydrogens (tertiary/aromatic N) is 1. The third-order valence-electron chi connectivity index (χ3n) is 2.42. The van der Waals surface area contributed by atoms with Gasteiger partial charge in [-0.1, -0.05) is 23.7 Å². The number of carbonyl (C=O) groups excluding carboxylic acids is 1. The maximum atomic E-state index is 12.1. The molecule has 0 aliphatic heterocycles. The number of nitrogens with one attached hydrogen (secondary N) is 1. The van der Waals surface area contributed by atoms with Crippen molar-refractivity contribution in [3.63, 3.8) is 0 Å². The molecule has 0 saturated heterocycles. The number of benzene rings is 1. The fraction of sp³-hybridized carbons (Fsp3) is 0.0769. The van der Waals surface area contributed by atoms with Crippen LogP contribution in [0.15, 0.2) is 41.0 Å². The van der Waals surface area contributed by atoms with Crippen LogP contribution in [-0.4, -0.2) is 10.9 Å². The quantitative estimate of drug-likeness (QED) is 0.905. The number of hydrogen-bond donors (Lipinski definition) is 1. The lowest BCUT2D eigenvalue weighted by molar-refractivity contribution is 0.102. The van der Waals surface area contributed by atoms with Gasteiger partial charge in [0.15, 0.2) is 0 Å². The molecule has 0 bridgehead atoms. The Hall–Kier alpha value is -1.39. The number of amides is 1. The lowest BCUT2D eigenvalue weighted by atomic mass is 10.2. The van der Waals surface area contributed by atoms with Gasteiger partial charge in [0.1, 0.15) is 5.69 Å². The fourth-order valence-electron chi connectivity index (χ4n) is 1.51. The van der Waals surface area contributed by atoms with Crippen molar-refractivity contribution in [2.45, 2.75) is 6.92 Å². The summed E-state index contributed by atoms with van der Waals surface area (Å²) in [5, 5.41) is 3.32. The number of hydrogen-bond acceptors (Lipinski definition) is 2. The molecule has 0 aliphatic rings. The van der Waals surface area contributed by atoms with Crippen LogP contribution in [0.5, 0.6) is 0 Å². The highest BCUT2D eigenvalue weighted by Gasteiger charge is 2.12. The highest BCUT2D eigenvalue weighted by atomic mass is 79.9. The molecule has 5 heteroatoms. The van der Waals surface area contributed by atoms with Crippen molar-refractivity contribution in [3.05, 3.63) is 57.3 Å². The van der Waals surface area contributed by atoms with Crippen LogP contribution in [0.4, 0.5) is 5.69 Å². The van der Waals surface area contributed by atoms with Gasteiger partial charge in [-0.05, 0) is 46.6 Å². The van der Waals surface area contributed by atoms with E-state index in [0.29, 0.717) is 20.9 Å². The van der Waals surface area contributed by atoms with Gasteiger partial charge in [-0.2, -0.15) is 0 Å². The zero-order chi connectivity index (χ0) is 13.1. The third-order valence-corrected chi connectivity index (χ3v) is 3.82. The van der Waals surface area contributed by atoms with Gasteiger partial charge in [0, 0.05) is 6.20 Å². The van der Waals surface area contributed by atoms with Crippen LogP contribution in [-0.2, 0) is 0 Å². The molecule has 18 heavy (non-hydrogen) atoms. The molecule has 2 aromatic rings. The molecule has 0 atom stereocenters. The first kappa shape index (κ1) is 13.1. The van der Waals surface area contributed by atoms with Gasteiger partial charge in [-0.3, -0.25) is 9.78 Å². The van der Waals surface area contributed by atoms with Gasteiger partial charge in [0.2, 0.25) is 0 Å². The molecule has 1 aromatic heterocycles. The Bertz CT molecular complexity index is 601. The maximum Gasteiger partial charge on any atom is 0.274 e. The van der Waals surface area contributed by atoms with E-state index in [-0.39, 0.29) is 5.91 Å². The van der Waals surface area contributed by atoms with Crippen molar-refractivity contribution in [1.82, 2.24) is 4.98 Å². The first-order valence-corrected chi connectivity index (χ1v) is 6.43. The van der Waals surface area contributed by atoms with E-state index in [9.17, 15) is 4.79 Å². The largest absolute Gasteiger partial charge is 0.320 e. The van der Waals surface area contributed by atoms with Crippen LogP contribution < -0.4 is 5.32 Å². The van der Waals surface area contributed by atoms with E-state index in [1.807, 2.05) is 13.0 Å². The molecule has 0 spiro atoms. The Morgan fingerprint density at radius 2 is 2.11 bits per heavy atom. The van der Waals surface area contributed by atoms with Crippen molar-refractivity contribution in [2.75, 3.05) is 5.32 Å². The van der Waals surface area contributed by atoms with E-state index in [1.54, 1.807) is 30.5 Å². The molecule has 1 N–H and O–H groups in total. The summed E-state index contributed by atoms with van der Waals surface area (Å²) < 4.78 is 0.661. The molecule has 0 saturated carbocycles. The third kappa shape index (κ3) is 2.71. The van der Waals surface area contributed by atoms with Gasteiger partial charge >= 0.3 is 0 Å². The van der Waals surface area contributed by atoms with Crippen LogP contribution in [0.1, 0.15) is 16.1 Å². The smallest absolute Gasteiger partial charge is 0.274 e. The SMILES string of the molecule is Cc1cccnc1C(=O)Nc1cccc(Cl)c1Br. The summed E-state index contributed by atoms with van der Waals surface area (Å²) in [7, 11) is 0. The summed E-state index contributed by atoms with van der Waals surface area (Å²) in [6.07, 6.45) is 1.59. The van der Waals surface area contributed by atoms with Gasteiger partial charge in [0.05, 0.1) is 15.2 Å². The highest BCUT2D eigenvalue weighted by molar-refractivity contribution is 9.10. The average Bonchev–Trinajstić information content (AvgIpc) is 2.35. The highest BCUT2D eigenvalue weighted by Crippen LogP contribution is 2.30. The zero-order valence-corrected chi connectivity index (χ0v) is 11.9. The molecular formula is C13H10BrClN2O. The number of halogens is 2. The molecular weight excluding hydrogens is 316 g/mol.